The summed E-state index contributed by atoms with van der Waals surface area (Å²) in [6.07, 6.45) is 2.70. The minimum atomic E-state index is 0.614. The lowest BCUT2D eigenvalue weighted by Crippen LogP contribution is -2.55. The van der Waals surface area contributed by atoms with Gasteiger partial charge in [-0.1, -0.05) is 18.2 Å². The summed E-state index contributed by atoms with van der Waals surface area (Å²) in [6, 6.07) is 10.9. The van der Waals surface area contributed by atoms with Gasteiger partial charge in [0.05, 0.1) is 0 Å². The lowest BCUT2D eigenvalue weighted by Gasteiger charge is -2.44. The number of hydrogen-bond acceptors (Lipinski definition) is 3. The second-order valence-corrected chi connectivity index (χ2v) is 6.55. The van der Waals surface area contributed by atoms with Crippen LogP contribution in [0.3, 0.4) is 0 Å². The zero-order valence-corrected chi connectivity index (χ0v) is 13.0. The van der Waals surface area contributed by atoms with Gasteiger partial charge in [-0.15, -0.1) is 0 Å². The van der Waals surface area contributed by atoms with Gasteiger partial charge in [0.2, 0.25) is 0 Å². The van der Waals surface area contributed by atoms with Gasteiger partial charge in [0.15, 0.2) is 0 Å². The number of rotatable bonds is 4. The summed E-state index contributed by atoms with van der Waals surface area (Å²) < 4.78 is 0. The van der Waals surface area contributed by atoms with Crippen LogP contribution in [0.2, 0.25) is 0 Å². The van der Waals surface area contributed by atoms with Crippen LogP contribution in [0.1, 0.15) is 32.3 Å². The van der Waals surface area contributed by atoms with Crippen molar-refractivity contribution in [3.05, 3.63) is 29.8 Å². The van der Waals surface area contributed by atoms with Crippen molar-refractivity contribution in [2.45, 2.75) is 51.4 Å². The van der Waals surface area contributed by atoms with E-state index in [1.165, 1.54) is 24.1 Å². The molecule has 110 valence electrons. The van der Waals surface area contributed by atoms with Gasteiger partial charge in [-0.3, -0.25) is 4.90 Å². The largest absolute Gasteiger partial charge is 0.368 e. The van der Waals surface area contributed by atoms with Gasteiger partial charge in [0, 0.05) is 43.4 Å². The molecule has 2 fully saturated rings. The van der Waals surface area contributed by atoms with E-state index in [9.17, 15) is 0 Å². The van der Waals surface area contributed by atoms with E-state index in [4.69, 9.17) is 0 Å². The van der Waals surface area contributed by atoms with E-state index in [2.05, 4.69) is 60.3 Å². The first kappa shape index (κ1) is 13.9. The third-order valence-electron chi connectivity index (χ3n) is 4.85. The molecule has 0 spiro atoms. The van der Waals surface area contributed by atoms with Gasteiger partial charge in [-0.05, 0) is 45.4 Å². The zero-order chi connectivity index (χ0) is 14.1. The standard InChI is InChI=1S/C17H27N3/c1-13-11-20(12-14(2)19(13)3)17-7-5-4-6-15(17)10-18-16-8-9-16/h4-7,13-14,16,18H,8-12H2,1-3H3. The Morgan fingerprint density at radius 3 is 2.40 bits per heavy atom. The van der Waals surface area contributed by atoms with Crippen LogP contribution in [0, 0.1) is 0 Å². The van der Waals surface area contributed by atoms with E-state index >= 15 is 0 Å². The Bertz CT molecular complexity index is 443. The van der Waals surface area contributed by atoms with Gasteiger partial charge in [0.1, 0.15) is 0 Å². The zero-order valence-electron chi connectivity index (χ0n) is 13.0. The molecule has 1 aromatic carbocycles. The first-order chi connectivity index (χ1) is 9.65. The Labute approximate surface area is 123 Å². The minimum Gasteiger partial charge on any atom is -0.368 e. The molecule has 1 aliphatic carbocycles. The number of para-hydroxylation sites is 1. The normalized spacial score (nSPS) is 27.9. The minimum absolute atomic E-state index is 0.614. The summed E-state index contributed by atoms with van der Waals surface area (Å²) in [7, 11) is 2.24. The summed E-state index contributed by atoms with van der Waals surface area (Å²) in [5, 5.41) is 3.65. The number of hydrogen-bond donors (Lipinski definition) is 1. The van der Waals surface area contributed by atoms with Crippen LogP contribution in [-0.4, -0.2) is 43.2 Å². The third-order valence-corrected chi connectivity index (χ3v) is 4.85. The highest BCUT2D eigenvalue weighted by molar-refractivity contribution is 5.54. The molecule has 1 N–H and O–H groups in total. The summed E-state index contributed by atoms with van der Waals surface area (Å²) in [4.78, 5) is 5.06. The van der Waals surface area contributed by atoms with Crippen LogP contribution in [0.4, 0.5) is 5.69 Å². The summed E-state index contributed by atoms with van der Waals surface area (Å²) in [5.74, 6) is 0. The fraction of sp³-hybridized carbons (Fsp3) is 0.647. The predicted octanol–water partition coefficient (Wildman–Crippen LogP) is 2.47. The molecule has 0 bridgehead atoms. The molecule has 1 heterocycles. The van der Waals surface area contributed by atoms with Crippen molar-refractivity contribution in [2.75, 3.05) is 25.0 Å². The molecule has 2 atom stereocenters. The molecule has 1 saturated carbocycles. The van der Waals surface area contributed by atoms with Crippen molar-refractivity contribution >= 4 is 5.69 Å². The van der Waals surface area contributed by atoms with Gasteiger partial charge in [-0.2, -0.15) is 0 Å². The lowest BCUT2D eigenvalue weighted by molar-refractivity contribution is 0.170. The molecular formula is C17H27N3. The Morgan fingerprint density at radius 2 is 1.75 bits per heavy atom. The number of anilines is 1. The number of likely N-dealkylation sites (N-methyl/N-ethyl adjacent to an activating group) is 1. The molecule has 20 heavy (non-hydrogen) atoms. The maximum atomic E-state index is 3.65. The molecule has 1 aliphatic heterocycles. The number of piperazine rings is 1. The van der Waals surface area contributed by atoms with Gasteiger partial charge < -0.3 is 10.2 Å². The van der Waals surface area contributed by atoms with E-state index in [0.717, 1.165) is 25.7 Å². The highest BCUT2D eigenvalue weighted by Gasteiger charge is 2.28. The third kappa shape index (κ3) is 2.99. The highest BCUT2D eigenvalue weighted by Crippen LogP contribution is 2.26. The van der Waals surface area contributed by atoms with Crippen molar-refractivity contribution in [1.29, 1.82) is 0 Å². The quantitative estimate of drug-likeness (QED) is 0.909. The number of benzene rings is 1. The second-order valence-electron chi connectivity index (χ2n) is 6.55. The topological polar surface area (TPSA) is 18.5 Å². The van der Waals surface area contributed by atoms with Crippen LogP contribution < -0.4 is 10.2 Å². The Kier molecular flexibility index (Phi) is 3.99. The fourth-order valence-corrected chi connectivity index (χ4v) is 3.11. The van der Waals surface area contributed by atoms with Crippen molar-refractivity contribution in [3.8, 4) is 0 Å². The molecule has 3 heteroatoms. The van der Waals surface area contributed by atoms with Gasteiger partial charge in [0.25, 0.3) is 0 Å². The van der Waals surface area contributed by atoms with Crippen molar-refractivity contribution < 1.29 is 0 Å². The van der Waals surface area contributed by atoms with Gasteiger partial charge in [-0.25, -0.2) is 0 Å². The molecule has 3 nitrogen and oxygen atoms in total. The van der Waals surface area contributed by atoms with Crippen molar-refractivity contribution in [2.24, 2.45) is 0 Å². The second kappa shape index (κ2) is 5.74. The summed E-state index contributed by atoms with van der Waals surface area (Å²) >= 11 is 0. The van der Waals surface area contributed by atoms with Crippen LogP contribution >= 0.6 is 0 Å². The van der Waals surface area contributed by atoms with Crippen molar-refractivity contribution in [1.82, 2.24) is 10.2 Å². The van der Waals surface area contributed by atoms with E-state index in [1.54, 1.807) is 0 Å². The Balaban J connectivity index is 1.74. The van der Waals surface area contributed by atoms with Crippen LogP contribution in [0.25, 0.3) is 0 Å². The molecule has 3 rings (SSSR count). The monoisotopic (exact) mass is 273 g/mol. The molecule has 0 amide bonds. The van der Waals surface area contributed by atoms with E-state index in [0.29, 0.717) is 12.1 Å². The van der Waals surface area contributed by atoms with Crippen LogP contribution in [-0.2, 0) is 6.54 Å². The molecule has 2 unspecified atom stereocenters. The van der Waals surface area contributed by atoms with Crippen molar-refractivity contribution in [3.63, 3.8) is 0 Å². The maximum absolute atomic E-state index is 3.65. The maximum Gasteiger partial charge on any atom is 0.0412 e. The van der Waals surface area contributed by atoms with E-state index in [1.807, 2.05) is 0 Å². The first-order valence-corrected chi connectivity index (χ1v) is 7.93. The molecule has 0 radical (unpaired) electrons. The SMILES string of the molecule is CC1CN(c2ccccc2CNC2CC2)CC(C)N1C. The lowest BCUT2D eigenvalue weighted by atomic mass is 10.1. The number of nitrogens with zero attached hydrogens (tertiary/aromatic N) is 2. The van der Waals surface area contributed by atoms with E-state index < -0.39 is 0 Å². The van der Waals surface area contributed by atoms with Crippen LogP contribution in [0.15, 0.2) is 24.3 Å². The molecule has 1 saturated heterocycles. The predicted molar refractivity (Wildman–Crippen MR) is 85.2 cm³/mol. The smallest absolute Gasteiger partial charge is 0.0412 e. The highest BCUT2D eigenvalue weighted by atomic mass is 15.3. The molecule has 2 aliphatic rings. The average molecular weight is 273 g/mol. The molecular weight excluding hydrogens is 246 g/mol. The number of nitrogens with one attached hydrogen (secondary N) is 1. The first-order valence-electron chi connectivity index (χ1n) is 7.93. The summed E-state index contributed by atoms with van der Waals surface area (Å²) in [6.45, 7) is 7.92. The van der Waals surface area contributed by atoms with Crippen LogP contribution in [0.5, 0.6) is 0 Å². The van der Waals surface area contributed by atoms with Gasteiger partial charge >= 0.3 is 0 Å². The molecule has 0 aromatic heterocycles. The fourth-order valence-electron chi connectivity index (χ4n) is 3.11. The summed E-state index contributed by atoms with van der Waals surface area (Å²) in [5.41, 5.74) is 2.87. The molecule has 1 aromatic rings. The average Bonchev–Trinajstić information content (AvgIpc) is 3.26. The Hall–Kier alpha value is -1.06. The van der Waals surface area contributed by atoms with E-state index in [-0.39, 0.29) is 0 Å². The Morgan fingerprint density at radius 1 is 1.10 bits per heavy atom.